The molecule has 4 nitrogen and oxygen atoms in total. The van der Waals surface area contributed by atoms with Crippen LogP contribution in [0.2, 0.25) is 5.02 Å². The summed E-state index contributed by atoms with van der Waals surface area (Å²) in [6, 6.07) is 14.7. The highest BCUT2D eigenvalue weighted by atomic mass is 35.5. The van der Waals surface area contributed by atoms with Gasteiger partial charge in [0.2, 0.25) is 0 Å². The van der Waals surface area contributed by atoms with E-state index in [4.69, 9.17) is 11.6 Å². The second-order valence-corrected chi connectivity index (χ2v) is 5.35. The van der Waals surface area contributed by atoms with Gasteiger partial charge < -0.3 is 4.57 Å². The summed E-state index contributed by atoms with van der Waals surface area (Å²) in [6.07, 6.45) is 3.62. The van der Waals surface area contributed by atoms with Gasteiger partial charge in [0.05, 0.1) is 6.21 Å². The maximum absolute atomic E-state index is 11.9. The van der Waals surface area contributed by atoms with Crippen LogP contribution in [-0.2, 0) is 7.05 Å². The van der Waals surface area contributed by atoms with Gasteiger partial charge in [-0.25, -0.2) is 5.43 Å². The number of aromatic nitrogens is 1. The largest absolute Gasteiger partial charge is 0.350 e. The van der Waals surface area contributed by atoms with Crippen LogP contribution in [0.15, 0.2) is 59.8 Å². The second-order valence-electron chi connectivity index (χ2n) is 4.92. The molecule has 0 fully saturated rings. The number of benzene rings is 2. The van der Waals surface area contributed by atoms with Crippen LogP contribution in [0.3, 0.4) is 0 Å². The maximum atomic E-state index is 11.9. The smallest absolute Gasteiger partial charge is 0.271 e. The molecule has 3 rings (SSSR count). The molecule has 110 valence electrons. The number of para-hydroxylation sites is 1. The molecule has 0 aliphatic heterocycles. The minimum Gasteiger partial charge on any atom is -0.350 e. The predicted molar refractivity (Wildman–Crippen MR) is 89.4 cm³/mol. The van der Waals surface area contributed by atoms with Crippen LogP contribution < -0.4 is 5.43 Å². The maximum Gasteiger partial charge on any atom is 0.271 e. The standard InChI is InChI=1S/C17H14ClN3O/c1-21-11-13(15-4-2-3-5-16(15)21)10-19-20-17(22)12-6-8-14(18)9-7-12/h2-11H,1H3,(H,20,22)/b19-10-. The van der Waals surface area contributed by atoms with E-state index in [9.17, 15) is 4.79 Å². The van der Waals surface area contributed by atoms with Crippen LogP contribution >= 0.6 is 11.6 Å². The lowest BCUT2D eigenvalue weighted by atomic mass is 10.2. The van der Waals surface area contributed by atoms with Crippen LogP contribution in [0.25, 0.3) is 10.9 Å². The monoisotopic (exact) mass is 311 g/mol. The van der Waals surface area contributed by atoms with Gasteiger partial charge in [-0.1, -0.05) is 29.8 Å². The van der Waals surface area contributed by atoms with Crippen molar-refractivity contribution in [1.29, 1.82) is 0 Å². The highest BCUT2D eigenvalue weighted by Gasteiger charge is 2.05. The van der Waals surface area contributed by atoms with E-state index in [0.29, 0.717) is 10.6 Å². The molecule has 0 radical (unpaired) electrons. The zero-order valence-electron chi connectivity index (χ0n) is 12.0. The van der Waals surface area contributed by atoms with E-state index in [-0.39, 0.29) is 5.91 Å². The van der Waals surface area contributed by atoms with Gasteiger partial charge in [0.25, 0.3) is 5.91 Å². The number of hydrogen-bond acceptors (Lipinski definition) is 2. The van der Waals surface area contributed by atoms with Crippen LogP contribution in [0.5, 0.6) is 0 Å². The Kier molecular flexibility index (Phi) is 3.94. The molecule has 0 unspecified atom stereocenters. The Labute approximate surface area is 133 Å². The van der Waals surface area contributed by atoms with Crippen molar-refractivity contribution in [2.75, 3.05) is 0 Å². The fourth-order valence-corrected chi connectivity index (χ4v) is 2.43. The minimum atomic E-state index is -0.270. The van der Waals surface area contributed by atoms with Gasteiger partial charge in [0.15, 0.2) is 0 Å². The SMILES string of the molecule is Cn1cc(/C=N\NC(=O)c2ccc(Cl)cc2)c2ccccc21. The van der Waals surface area contributed by atoms with Crippen molar-refractivity contribution in [3.05, 3.63) is 70.9 Å². The van der Waals surface area contributed by atoms with E-state index in [1.165, 1.54) is 0 Å². The van der Waals surface area contributed by atoms with Gasteiger partial charge in [0, 0.05) is 40.3 Å². The molecule has 2 aromatic carbocycles. The Bertz CT molecular complexity index is 850. The first-order valence-electron chi connectivity index (χ1n) is 6.78. The van der Waals surface area contributed by atoms with Crippen LogP contribution in [0.1, 0.15) is 15.9 Å². The van der Waals surface area contributed by atoms with Gasteiger partial charge in [0.1, 0.15) is 0 Å². The highest BCUT2D eigenvalue weighted by Crippen LogP contribution is 2.18. The molecule has 1 heterocycles. The van der Waals surface area contributed by atoms with Crippen LogP contribution in [0, 0.1) is 0 Å². The van der Waals surface area contributed by atoms with Gasteiger partial charge in [-0.05, 0) is 30.3 Å². The molecule has 0 aliphatic carbocycles. The van der Waals surface area contributed by atoms with E-state index in [0.717, 1.165) is 16.5 Å². The number of amides is 1. The molecule has 0 aliphatic rings. The normalized spacial score (nSPS) is 11.2. The number of rotatable bonds is 3. The number of fused-ring (bicyclic) bond motifs is 1. The summed E-state index contributed by atoms with van der Waals surface area (Å²) in [5, 5.41) is 5.72. The molecule has 0 bridgehead atoms. The summed E-state index contributed by atoms with van der Waals surface area (Å²) >= 11 is 5.79. The van der Waals surface area contributed by atoms with Crippen molar-refractivity contribution in [2.24, 2.45) is 12.1 Å². The molecule has 5 heteroatoms. The van der Waals surface area contributed by atoms with Crippen molar-refractivity contribution in [1.82, 2.24) is 9.99 Å². The molecule has 1 amide bonds. The zero-order valence-corrected chi connectivity index (χ0v) is 12.7. The topological polar surface area (TPSA) is 46.4 Å². The number of nitrogens with one attached hydrogen (secondary N) is 1. The van der Waals surface area contributed by atoms with Gasteiger partial charge >= 0.3 is 0 Å². The first-order chi connectivity index (χ1) is 10.6. The van der Waals surface area contributed by atoms with Crippen molar-refractivity contribution in [3.8, 4) is 0 Å². The van der Waals surface area contributed by atoms with Crippen LogP contribution in [0.4, 0.5) is 0 Å². The quantitative estimate of drug-likeness (QED) is 0.583. The van der Waals surface area contributed by atoms with E-state index < -0.39 is 0 Å². The summed E-state index contributed by atoms with van der Waals surface area (Å²) in [6.45, 7) is 0. The number of hydrogen-bond donors (Lipinski definition) is 1. The van der Waals surface area contributed by atoms with Gasteiger partial charge in [-0.15, -0.1) is 0 Å². The fraction of sp³-hybridized carbons (Fsp3) is 0.0588. The summed E-state index contributed by atoms with van der Waals surface area (Å²) in [5.74, 6) is -0.270. The first kappa shape index (κ1) is 14.4. The molecule has 0 saturated heterocycles. The Hall–Kier alpha value is -2.59. The summed E-state index contributed by atoms with van der Waals surface area (Å²) in [7, 11) is 1.98. The first-order valence-corrected chi connectivity index (χ1v) is 7.16. The van der Waals surface area contributed by atoms with E-state index in [1.54, 1.807) is 30.5 Å². The lowest BCUT2D eigenvalue weighted by Crippen LogP contribution is -2.17. The Morgan fingerprint density at radius 1 is 1.18 bits per heavy atom. The van der Waals surface area contributed by atoms with Crippen molar-refractivity contribution in [2.45, 2.75) is 0 Å². The average Bonchev–Trinajstić information content (AvgIpc) is 2.85. The molecule has 3 aromatic rings. The second kappa shape index (κ2) is 6.03. The molecule has 22 heavy (non-hydrogen) atoms. The molecule has 1 N–H and O–H groups in total. The van der Waals surface area contributed by atoms with Gasteiger partial charge in [-0.3, -0.25) is 4.79 Å². The van der Waals surface area contributed by atoms with Crippen molar-refractivity contribution in [3.63, 3.8) is 0 Å². The van der Waals surface area contributed by atoms with E-state index >= 15 is 0 Å². The minimum absolute atomic E-state index is 0.270. The van der Waals surface area contributed by atoms with Crippen molar-refractivity contribution >= 4 is 34.6 Å². The predicted octanol–water partition coefficient (Wildman–Crippen LogP) is 3.60. The lowest BCUT2D eigenvalue weighted by Gasteiger charge is -1.99. The Morgan fingerprint density at radius 2 is 1.91 bits per heavy atom. The van der Waals surface area contributed by atoms with Gasteiger partial charge in [-0.2, -0.15) is 5.10 Å². The number of nitrogens with zero attached hydrogens (tertiary/aromatic N) is 2. The van der Waals surface area contributed by atoms with E-state index in [2.05, 4.69) is 10.5 Å². The Balaban J connectivity index is 1.76. The van der Waals surface area contributed by atoms with Crippen molar-refractivity contribution < 1.29 is 4.79 Å². The third kappa shape index (κ3) is 2.87. The molecule has 1 aromatic heterocycles. The van der Waals surface area contributed by atoms with E-state index in [1.807, 2.05) is 42.1 Å². The average molecular weight is 312 g/mol. The number of aryl methyl sites for hydroxylation is 1. The number of carbonyl (C=O) groups excluding carboxylic acids is 1. The molecule has 0 saturated carbocycles. The third-order valence-electron chi connectivity index (χ3n) is 3.40. The zero-order chi connectivity index (χ0) is 15.5. The number of hydrazone groups is 1. The highest BCUT2D eigenvalue weighted by molar-refractivity contribution is 6.30. The van der Waals surface area contributed by atoms with Crippen LogP contribution in [-0.4, -0.2) is 16.7 Å². The molecular formula is C17H14ClN3O. The number of carbonyl (C=O) groups is 1. The fourth-order valence-electron chi connectivity index (χ4n) is 2.30. The molecule has 0 atom stereocenters. The summed E-state index contributed by atoms with van der Waals surface area (Å²) in [4.78, 5) is 11.9. The summed E-state index contributed by atoms with van der Waals surface area (Å²) < 4.78 is 2.03. The Morgan fingerprint density at radius 3 is 2.68 bits per heavy atom. The number of halogens is 1. The lowest BCUT2D eigenvalue weighted by molar-refractivity contribution is 0.0955. The summed E-state index contributed by atoms with van der Waals surface area (Å²) in [5.41, 5.74) is 5.10. The molecular weight excluding hydrogens is 298 g/mol. The molecule has 0 spiro atoms. The third-order valence-corrected chi connectivity index (χ3v) is 3.66.